The van der Waals surface area contributed by atoms with E-state index in [9.17, 15) is 14.4 Å². The molecule has 0 aromatic heterocycles. The fourth-order valence-electron chi connectivity index (χ4n) is 1.52. The van der Waals surface area contributed by atoms with Gasteiger partial charge in [-0.15, -0.1) is 0 Å². The summed E-state index contributed by atoms with van der Waals surface area (Å²) in [4.78, 5) is 32.8. The number of piperidine rings is 1. The van der Waals surface area contributed by atoms with Crippen LogP contribution in [0.4, 0.5) is 0 Å². The number of primary amides is 1. The summed E-state index contributed by atoms with van der Waals surface area (Å²) in [5, 5.41) is 5.31. The zero-order valence-electron chi connectivity index (χ0n) is 9.53. The van der Waals surface area contributed by atoms with E-state index in [1.807, 2.05) is 0 Å². The number of rotatable bonds is 6. The maximum absolute atomic E-state index is 11.6. The van der Waals surface area contributed by atoms with Crippen LogP contribution in [0, 0.1) is 5.92 Å². The summed E-state index contributed by atoms with van der Waals surface area (Å²) in [6.07, 6.45) is 0.954. The molecule has 1 fully saturated rings. The molecule has 1 rings (SSSR count). The molecule has 17 heavy (non-hydrogen) atoms. The summed E-state index contributed by atoms with van der Waals surface area (Å²) in [5.74, 6) is -0.832. The van der Waals surface area contributed by atoms with Gasteiger partial charge >= 0.3 is 0 Å². The van der Waals surface area contributed by atoms with Gasteiger partial charge in [-0.3, -0.25) is 14.4 Å². The van der Waals surface area contributed by atoms with E-state index >= 15 is 0 Å². The standard InChI is InChI=1S/C10H17N3O4/c11-8(14)6-17-4-3-12-10(16)7-1-2-9(15)13-5-7/h7H,1-6H2,(H2,11,14)(H,12,16)(H,13,15). The lowest BCUT2D eigenvalue weighted by Crippen LogP contribution is -2.43. The molecule has 0 radical (unpaired) electrons. The predicted molar refractivity (Wildman–Crippen MR) is 58.8 cm³/mol. The van der Waals surface area contributed by atoms with Crippen LogP contribution < -0.4 is 16.4 Å². The minimum atomic E-state index is -0.536. The first-order valence-electron chi connectivity index (χ1n) is 5.50. The molecule has 4 N–H and O–H groups in total. The third kappa shape index (κ3) is 5.30. The predicted octanol–water partition coefficient (Wildman–Crippen LogP) is -1.87. The molecule has 1 atom stereocenters. The Balaban J connectivity index is 2.08. The van der Waals surface area contributed by atoms with E-state index in [1.165, 1.54) is 0 Å². The van der Waals surface area contributed by atoms with Crippen LogP contribution in [0.15, 0.2) is 0 Å². The Kier molecular flexibility index (Phi) is 5.41. The van der Waals surface area contributed by atoms with Crippen molar-refractivity contribution in [3.63, 3.8) is 0 Å². The first kappa shape index (κ1) is 13.4. The molecule has 7 nitrogen and oxygen atoms in total. The van der Waals surface area contributed by atoms with Gasteiger partial charge in [0, 0.05) is 19.5 Å². The Hall–Kier alpha value is -1.63. The topological polar surface area (TPSA) is 111 Å². The third-order valence-corrected chi connectivity index (χ3v) is 2.43. The van der Waals surface area contributed by atoms with E-state index in [-0.39, 0.29) is 30.9 Å². The monoisotopic (exact) mass is 243 g/mol. The van der Waals surface area contributed by atoms with Gasteiger partial charge < -0.3 is 21.1 Å². The lowest BCUT2D eigenvalue weighted by atomic mass is 9.98. The summed E-state index contributed by atoms with van der Waals surface area (Å²) in [7, 11) is 0. The Labute approximate surface area is 99.1 Å². The summed E-state index contributed by atoms with van der Waals surface area (Å²) in [6, 6.07) is 0. The van der Waals surface area contributed by atoms with E-state index in [2.05, 4.69) is 10.6 Å². The number of nitrogens with two attached hydrogens (primary N) is 1. The van der Waals surface area contributed by atoms with Crippen molar-refractivity contribution in [2.24, 2.45) is 11.7 Å². The minimum absolute atomic E-state index is 0.0150. The van der Waals surface area contributed by atoms with Gasteiger partial charge in [0.05, 0.1) is 12.5 Å². The largest absolute Gasteiger partial charge is 0.370 e. The van der Waals surface area contributed by atoms with Gasteiger partial charge in [-0.25, -0.2) is 0 Å². The molecule has 0 bridgehead atoms. The van der Waals surface area contributed by atoms with Gasteiger partial charge in [0.25, 0.3) is 0 Å². The quantitative estimate of drug-likeness (QED) is 0.475. The number of carbonyl (C=O) groups excluding carboxylic acids is 3. The molecule has 1 unspecified atom stereocenters. The molecule has 1 aliphatic rings. The van der Waals surface area contributed by atoms with Crippen LogP contribution in [-0.4, -0.2) is 44.0 Å². The Bertz CT molecular complexity index is 296. The molecular weight excluding hydrogens is 226 g/mol. The zero-order valence-corrected chi connectivity index (χ0v) is 9.53. The van der Waals surface area contributed by atoms with E-state index in [4.69, 9.17) is 10.5 Å². The number of carbonyl (C=O) groups is 3. The number of nitrogens with one attached hydrogen (secondary N) is 2. The van der Waals surface area contributed by atoms with Crippen molar-refractivity contribution < 1.29 is 19.1 Å². The van der Waals surface area contributed by atoms with Crippen molar-refractivity contribution in [3.05, 3.63) is 0 Å². The maximum atomic E-state index is 11.6. The average Bonchev–Trinajstić information content (AvgIpc) is 2.29. The second-order valence-electron chi connectivity index (χ2n) is 3.85. The third-order valence-electron chi connectivity index (χ3n) is 2.43. The molecule has 0 aromatic rings. The van der Waals surface area contributed by atoms with Crippen molar-refractivity contribution in [3.8, 4) is 0 Å². The smallest absolute Gasteiger partial charge is 0.243 e. The summed E-state index contributed by atoms with van der Waals surface area (Å²) in [5.41, 5.74) is 4.87. The van der Waals surface area contributed by atoms with Gasteiger partial charge in [0.2, 0.25) is 17.7 Å². The highest BCUT2D eigenvalue weighted by molar-refractivity contribution is 5.83. The van der Waals surface area contributed by atoms with Gasteiger partial charge in [-0.2, -0.15) is 0 Å². The minimum Gasteiger partial charge on any atom is -0.370 e. The molecule has 0 saturated carbocycles. The lowest BCUT2D eigenvalue weighted by molar-refractivity contribution is -0.129. The highest BCUT2D eigenvalue weighted by atomic mass is 16.5. The molecule has 96 valence electrons. The summed E-state index contributed by atoms with van der Waals surface area (Å²) < 4.78 is 4.89. The van der Waals surface area contributed by atoms with Crippen LogP contribution in [0.1, 0.15) is 12.8 Å². The highest BCUT2D eigenvalue weighted by Crippen LogP contribution is 2.10. The molecule has 1 aliphatic heterocycles. The Morgan fingerprint density at radius 1 is 1.53 bits per heavy atom. The number of amides is 3. The average molecular weight is 243 g/mol. The van der Waals surface area contributed by atoms with Crippen LogP contribution in [0.3, 0.4) is 0 Å². The normalized spacial score (nSPS) is 19.5. The molecule has 7 heteroatoms. The van der Waals surface area contributed by atoms with Crippen molar-refractivity contribution in [2.75, 3.05) is 26.3 Å². The Morgan fingerprint density at radius 2 is 2.29 bits per heavy atom. The summed E-state index contributed by atoms with van der Waals surface area (Å²) >= 11 is 0. The van der Waals surface area contributed by atoms with E-state index < -0.39 is 5.91 Å². The van der Waals surface area contributed by atoms with Crippen LogP contribution in [0.2, 0.25) is 0 Å². The second kappa shape index (κ2) is 6.85. The maximum Gasteiger partial charge on any atom is 0.243 e. The fourth-order valence-corrected chi connectivity index (χ4v) is 1.52. The number of hydrogen-bond donors (Lipinski definition) is 3. The van der Waals surface area contributed by atoms with Gasteiger partial charge in [0.1, 0.15) is 6.61 Å². The van der Waals surface area contributed by atoms with Crippen LogP contribution in [0.5, 0.6) is 0 Å². The first-order chi connectivity index (χ1) is 8.09. The first-order valence-corrected chi connectivity index (χ1v) is 5.50. The number of hydrogen-bond acceptors (Lipinski definition) is 4. The molecule has 3 amide bonds. The molecule has 0 aromatic carbocycles. The van der Waals surface area contributed by atoms with Gasteiger partial charge in [-0.05, 0) is 6.42 Å². The SMILES string of the molecule is NC(=O)COCCNC(=O)C1CCC(=O)NC1. The van der Waals surface area contributed by atoms with Gasteiger partial charge in [0.15, 0.2) is 0 Å². The molecule has 1 saturated heterocycles. The van der Waals surface area contributed by atoms with E-state index in [0.29, 0.717) is 25.9 Å². The summed E-state index contributed by atoms with van der Waals surface area (Å²) in [6.45, 7) is 0.812. The van der Waals surface area contributed by atoms with Crippen molar-refractivity contribution in [2.45, 2.75) is 12.8 Å². The lowest BCUT2D eigenvalue weighted by Gasteiger charge is -2.21. The van der Waals surface area contributed by atoms with Crippen molar-refractivity contribution in [1.29, 1.82) is 0 Å². The fraction of sp³-hybridized carbons (Fsp3) is 0.700. The zero-order chi connectivity index (χ0) is 12.7. The van der Waals surface area contributed by atoms with Crippen LogP contribution >= 0.6 is 0 Å². The number of ether oxygens (including phenoxy) is 1. The van der Waals surface area contributed by atoms with Crippen molar-refractivity contribution in [1.82, 2.24) is 10.6 Å². The highest BCUT2D eigenvalue weighted by Gasteiger charge is 2.23. The van der Waals surface area contributed by atoms with Crippen molar-refractivity contribution >= 4 is 17.7 Å². The molecule has 1 heterocycles. The molecular formula is C10H17N3O4. The van der Waals surface area contributed by atoms with E-state index in [1.54, 1.807) is 0 Å². The van der Waals surface area contributed by atoms with E-state index in [0.717, 1.165) is 0 Å². The molecule has 0 aliphatic carbocycles. The second-order valence-corrected chi connectivity index (χ2v) is 3.85. The van der Waals surface area contributed by atoms with Crippen LogP contribution in [-0.2, 0) is 19.1 Å². The van der Waals surface area contributed by atoms with Gasteiger partial charge in [-0.1, -0.05) is 0 Å². The molecule has 0 spiro atoms. The Morgan fingerprint density at radius 3 is 2.88 bits per heavy atom. The van der Waals surface area contributed by atoms with Crippen LogP contribution in [0.25, 0.3) is 0 Å².